The number of ether oxygens (including phenoxy) is 1. The summed E-state index contributed by atoms with van der Waals surface area (Å²) >= 11 is 0. The Bertz CT molecular complexity index is 559. The largest absolute Gasteiger partial charge is 0.380 e. The summed E-state index contributed by atoms with van der Waals surface area (Å²) in [6.45, 7) is 7.72. The monoisotopic (exact) mass is 246 g/mol. The number of hydrogen-bond acceptors (Lipinski definition) is 4. The van der Waals surface area contributed by atoms with E-state index in [9.17, 15) is 0 Å². The topological polar surface area (TPSA) is 51.5 Å². The maximum Gasteiger partial charge on any atom is 0.155 e. The van der Waals surface area contributed by atoms with Crippen LogP contribution in [0.1, 0.15) is 18.2 Å². The van der Waals surface area contributed by atoms with Gasteiger partial charge in [-0.3, -0.25) is 0 Å². The molecule has 1 fully saturated rings. The summed E-state index contributed by atoms with van der Waals surface area (Å²) < 4.78 is 7.07. The zero-order valence-electron chi connectivity index (χ0n) is 10.8. The maximum absolute atomic E-state index is 5.23. The van der Waals surface area contributed by atoms with Crippen LogP contribution in [0.15, 0.2) is 18.5 Å². The lowest BCUT2D eigenvalue weighted by Crippen LogP contribution is -2.47. The van der Waals surface area contributed by atoms with Crippen LogP contribution in [0.2, 0.25) is 0 Å². The van der Waals surface area contributed by atoms with Gasteiger partial charge in [0.15, 0.2) is 5.65 Å². The van der Waals surface area contributed by atoms with E-state index in [2.05, 4.69) is 22.3 Å². The molecule has 0 saturated carbocycles. The maximum atomic E-state index is 5.23. The minimum absolute atomic E-state index is 0.305. The van der Waals surface area contributed by atoms with Crippen molar-refractivity contribution in [3.05, 3.63) is 29.7 Å². The second-order valence-electron chi connectivity index (χ2n) is 5.46. The lowest BCUT2D eigenvalue weighted by molar-refractivity contribution is -0.0991. The highest BCUT2D eigenvalue weighted by Gasteiger charge is 2.32. The molecule has 3 heterocycles. The summed E-state index contributed by atoms with van der Waals surface area (Å²) in [4.78, 5) is 4.39. The fourth-order valence-electron chi connectivity index (χ4n) is 2.19. The molecule has 18 heavy (non-hydrogen) atoms. The van der Waals surface area contributed by atoms with Gasteiger partial charge in [-0.2, -0.15) is 5.10 Å². The van der Waals surface area contributed by atoms with Crippen LogP contribution in [0.5, 0.6) is 0 Å². The molecule has 2 aromatic rings. The van der Waals surface area contributed by atoms with Crippen molar-refractivity contribution < 1.29 is 4.74 Å². The van der Waals surface area contributed by atoms with Crippen molar-refractivity contribution in [1.29, 1.82) is 0 Å². The average Bonchev–Trinajstić information content (AvgIpc) is 2.66. The Morgan fingerprint density at radius 3 is 3.06 bits per heavy atom. The normalized spacial score (nSPS) is 17.9. The van der Waals surface area contributed by atoms with Crippen LogP contribution in [-0.2, 0) is 11.3 Å². The number of rotatable bonds is 4. The molecule has 0 unspecified atom stereocenters. The van der Waals surface area contributed by atoms with Crippen molar-refractivity contribution in [2.45, 2.75) is 20.4 Å². The van der Waals surface area contributed by atoms with Crippen molar-refractivity contribution >= 4 is 5.65 Å². The van der Waals surface area contributed by atoms with Gasteiger partial charge in [-0.05, 0) is 6.92 Å². The number of hydrogen-bond donors (Lipinski definition) is 1. The molecule has 1 aliphatic heterocycles. The molecule has 1 aliphatic rings. The van der Waals surface area contributed by atoms with Gasteiger partial charge in [0.05, 0.1) is 18.9 Å². The summed E-state index contributed by atoms with van der Waals surface area (Å²) in [5.74, 6) is 0. The summed E-state index contributed by atoms with van der Waals surface area (Å²) in [6, 6.07) is 1.98. The third-order valence-electron chi connectivity index (χ3n) is 3.27. The summed E-state index contributed by atoms with van der Waals surface area (Å²) in [7, 11) is 0. The van der Waals surface area contributed by atoms with Crippen LogP contribution in [-0.4, -0.2) is 34.4 Å². The predicted octanol–water partition coefficient (Wildman–Crippen LogP) is 1.16. The Kier molecular flexibility index (Phi) is 2.80. The number of nitrogens with one attached hydrogen (secondary N) is 1. The van der Waals surface area contributed by atoms with Gasteiger partial charge in [0, 0.05) is 42.5 Å². The molecule has 5 heteroatoms. The quantitative estimate of drug-likeness (QED) is 0.879. The third kappa shape index (κ3) is 2.23. The first-order chi connectivity index (χ1) is 8.65. The van der Waals surface area contributed by atoms with Gasteiger partial charge in [0.2, 0.25) is 0 Å². The minimum atomic E-state index is 0.305. The van der Waals surface area contributed by atoms with Crippen LogP contribution in [0.4, 0.5) is 0 Å². The fraction of sp³-hybridized carbons (Fsp3) is 0.538. The van der Waals surface area contributed by atoms with E-state index in [1.165, 1.54) is 0 Å². The minimum Gasteiger partial charge on any atom is -0.380 e. The van der Waals surface area contributed by atoms with Gasteiger partial charge in [0.25, 0.3) is 0 Å². The highest BCUT2D eigenvalue weighted by molar-refractivity contribution is 5.38. The Balaban J connectivity index is 1.63. The molecule has 0 spiro atoms. The lowest BCUT2D eigenvalue weighted by Gasteiger charge is -2.38. The Labute approximate surface area is 106 Å². The molecule has 1 saturated heterocycles. The molecule has 96 valence electrons. The van der Waals surface area contributed by atoms with Crippen LogP contribution < -0.4 is 5.32 Å². The van der Waals surface area contributed by atoms with Gasteiger partial charge < -0.3 is 10.1 Å². The van der Waals surface area contributed by atoms with Gasteiger partial charge in [-0.15, -0.1) is 0 Å². The van der Waals surface area contributed by atoms with Crippen LogP contribution in [0.25, 0.3) is 5.65 Å². The summed E-state index contributed by atoms with van der Waals surface area (Å²) in [5, 5.41) is 7.82. The van der Waals surface area contributed by atoms with Crippen molar-refractivity contribution in [2.75, 3.05) is 19.8 Å². The van der Waals surface area contributed by atoms with Crippen molar-refractivity contribution in [1.82, 2.24) is 19.9 Å². The fourth-order valence-corrected chi connectivity index (χ4v) is 2.19. The zero-order valence-corrected chi connectivity index (χ0v) is 10.8. The van der Waals surface area contributed by atoms with E-state index in [1.54, 1.807) is 0 Å². The molecule has 0 aliphatic carbocycles. The van der Waals surface area contributed by atoms with Crippen LogP contribution >= 0.6 is 0 Å². The lowest BCUT2D eigenvalue weighted by atomic mass is 9.89. The molecule has 0 atom stereocenters. The molecular weight excluding hydrogens is 228 g/mol. The second kappa shape index (κ2) is 4.33. The Morgan fingerprint density at radius 2 is 2.33 bits per heavy atom. The van der Waals surface area contributed by atoms with Crippen LogP contribution in [0.3, 0.4) is 0 Å². The Hall–Kier alpha value is -1.46. The second-order valence-corrected chi connectivity index (χ2v) is 5.46. The van der Waals surface area contributed by atoms with Gasteiger partial charge in [-0.1, -0.05) is 6.92 Å². The SMILES string of the molecule is Cc1cc2ncc(CNCC3(C)COC3)cn2n1. The highest BCUT2D eigenvalue weighted by atomic mass is 16.5. The molecule has 2 aromatic heterocycles. The van der Waals surface area contributed by atoms with Crippen molar-refractivity contribution in [3.63, 3.8) is 0 Å². The van der Waals surface area contributed by atoms with E-state index < -0.39 is 0 Å². The first kappa shape index (κ1) is 11.6. The number of nitrogens with zero attached hydrogens (tertiary/aromatic N) is 3. The van der Waals surface area contributed by atoms with E-state index in [0.717, 1.165) is 43.2 Å². The van der Waals surface area contributed by atoms with Gasteiger partial charge >= 0.3 is 0 Å². The van der Waals surface area contributed by atoms with E-state index >= 15 is 0 Å². The average molecular weight is 246 g/mol. The van der Waals surface area contributed by atoms with Crippen molar-refractivity contribution in [3.8, 4) is 0 Å². The zero-order chi connectivity index (χ0) is 12.6. The summed E-state index contributed by atoms with van der Waals surface area (Å²) in [6.07, 6.45) is 3.94. The molecule has 0 radical (unpaired) electrons. The first-order valence-electron chi connectivity index (χ1n) is 6.24. The van der Waals surface area contributed by atoms with E-state index in [4.69, 9.17) is 4.74 Å². The van der Waals surface area contributed by atoms with E-state index in [0.29, 0.717) is 5.41 Å². The molecular formula is C13H18N4O. The molecule has 1 N–H and O–H groups in total. The van der Waals surface area contributed by atoms with Gasteiger partial charge in [-0.25, -0.2) is 9.50 Å². The predicted molar refractivity (Wildman–Crippen MR) is 68.4 cm³/mol. The van der Waals surface area contributed by atoms with E-state index in [-0.39, 0.29) is 0 Å². The Morgan fingerprint density at radius 1 is 1.50 bits per heavy atom. The highest BCUT2D eigenvalue weighted by Crippen LogP contribution is 2.25. The van der Waals surface area contributed by atoms with E-state index in [1.807, 2.05) is 29.9 Å². The molecule has 3 rings (SSSR count). The summed E-state index contributed by atoms with van der Waals surface area (Å²) in [5.41, 5.74) is 3.34. The van der Waals surface area contributed by atoms with Gasteiger partial charge in [0.1, 0.15) is 0 Å². The molecule has 0 bridgehead atoms. The number of aryl methyl sites for hydroxylation is 1. The van der Waals surface area contributed by atoms with Crippen molar-refractivity contribution in [2.24, 2.45) is 5.41 Å². The molecule has 0 aromatic carbocycles. The molecule has 0 amide bonds. The van der Waals surface area contributed by atoms with Crippen LogP contribution in [0, 0.1) is 12.3 Å². The first-order valence-corrected chi connectivity index (χ1v) is 6.24. The third-order valence-corrected chi connectivity index (χ3v) is 3.27. The standard InChI is InChI=1S/C13H18N4O/c1-10-3-12-15-5-11(6-17(12)16-10)4-14-7-13(2)8-18-9-13/h3,5-6,14H,4,7-9H2,1-2H3. The molecule has 5 nitrogen and oxygen atoms in total. The number of aromatic nitrogens is 3. The smallest absolute Gasteiger partial charge is 0.155 e. The number of fused-ring (bicyclic) bond motifs is 1.